The second kappa shape index (κ2) is 6.19. The molecular weight excluding hydrogens is 279 g/mol. The Kier molecular flexibility index (Phi) is 4.60. The standard InChI is InChI=1S/C10H12Cl2N4O2/c11-8-5-7(6-9(12)14-8)13-10(17)15-16-1-3-18-4-2-16/h5-6H,1-4H2,(H2,13,14,15,17). The second-order valence-electron chi connectivity index (χ2n) is 3.67. The minimum absolute atomic E-state index is 0.226. The Morgan fingerprint density at radius 2 is 1.89 bits per heavy atom. The number of halogens is 2. The highest BCUT2D eigenvalue weighted by atomic mass is 35.5. The maximum absolute atomic E-state index is 11.7. The summed E-state index contributed by atoms with van der Waals surface area (Å²) in [5.74, 6) is 0. The van der Waals surface area contributed by atoms with Crippen molar-refractivity contribution in [3.63, 3.8) is 0 Å². The molecule has 0 radical (unpaired) electrons. The third-order valence-electron chi connectivity index (χ3n) is 2.29. The van der Waals surface area contributed by atoms with Crippen LogP contribution in [0.25, 0.3) is 0 Å². The van der Waals surface area contributed by atoms with Gasteiger partial charge in [-0.1, -0.05) is 23.2 Å². The molecule has 6 nitrogen and oxygen atoms in total. The molecule has 1 aromatic heterocycles. The smallest absolute Gasteiger partial charge is 0.333 e. The molecular formula is C10H12Cl2N4O2. The maximum Gasteiger partial charge on any atom is 0.333 e. The molecule has 2 N–H and O–H groups in total. The fourth-order valence-electron chi connectivity index (χ4n) is 1.51. The molecule has 98 valence electrons. The van der Waals surface area contributed by atoms with Gasteiger partial charge in [0, 0.05) is 18.8 Å². The van der Waals surface area contributed by atoms with E-state index in [1.54, 1.807) is 5.01 Å². The summed E-state index contributed by atoms with van der Waals surface area (Å²) >= 11 is 11.5. The molecule has 0 saturated carbocycles. The summed E-state index contributed by atoms with van der Waals surface area (Å²) in [7, 11) is 0. The van der Waals surface area contributed by atoms with E-state index >= 15 is 0 Å². The predicted molar refractivity (Wildman–Crippen MR) is 68.8 cm³/mol. The van der Waals surface area contributed by atoms with Crippen LogP contribution in [0.4, 0.5) is 10.5 Å². The topological polar surface area (TPSA) is 66.5 Å². The van der Waals surface area contributed by atoms with E-state index in [-0.39, 0.29) is 16.3 Å². The summed E-state index contributed by atoms with van der Waals surface area (Å²) in [4.78, 5) is 15.5. The van der Waals surface area contributed by atoms with Gasteiger partial charge in [0.2, 0.25) is 0 Å². The van der Waals surface area contributed by atoms with Gasteiger partial charge in [-0.05, 0) is 12.1 Å². The molecule has 2 rings (SSSR count). The zero-order valence-corrected chi connectivity index (χ0v) is 11.0. The van der Waals surface area contributed by atoms with E-state index in [0.717, 1.165) is 0 Å². The fourth-order valence-corrected chi connectivity index (χ4v) is 1.98. The van der Waals surface area contributed by atoms with E-state index in [1.165, 1.54) is 12.1 Å². The monoisotopic (exact) mass is 290 g/mol. The number of rotatable bonds is 2. The molecule has 2 heterocycles. The van der Waals surface area contributed by atoms with Gasteiger partial charge in [-0.25, -0.2) is 14.8 Å². The fraction of sp³-hybridized carbons (Fsp3) is 0.400. The van der Waals surface area contributed by atoms with Gasteiger partial charge < -0.3 is 10.1 Å². The van der Waals surface area contributed by atoms with Crippen LogP contribution in [-0.4, -0.2) is 42.3 Å². The van der Waals surface area contributed by atoms with E-state index in [1.807, 2.05) is 0 Å². The molecule has 1 aromatic rings. The van der Waals surface area contributed by atoms with Gasteiger partial charge in [-0.2, -0.15) is 0 Å². The van der Waals surface area contributed by atoms with E-state index < -0.39 is 0 Å². The quantitative estimate of drug-likeness (QED) is 0.815. The number of ether oxygens (including phenoxy) is 1. The highest BCUT2D eigenvalue weighted by Gasteiger charge is 2.13. The van der Waals surface area contributed by atoms with Crippen molar-refractivity contribution in [3.05, 3.63) is 22.4 Å². The van der Waals surface area contributed by atoms with Gasteiger partial charge in [-0.15, -0.1) is 0 Å². The molecule has 0 atom stereocenters. The number of nitrogens with zero attached hydrogens (tertiary/aromatic N) is 2. The number of hydrogen-bond donors (Lipinski definition) is 2. The molecule has 2 amide bonds. The number of nitrogens with one attached hydrogen (secondary N) is 2. The first kappa shape index (κ1) is 13.4. The van der Waals surface area contributed by atoms with Crippen molar-refractivity contribution in [1.82, 2.24) is 15.4 Å². The van der Waals surface area contributed by atoms with Gasteiger partial charge in [0.1, 0.15) is 10.3 Å². The van der Waals surface area contributed by atoms with Crippen LogP contribution in [0, 0.1) is 0 Å². The van der Waals surface area contributed by atoms with E-state index in [4.69, 9.17) is 27.9 Å². The first-order valence-electron chi connectivity index (χ1n) is 5.37. The molecule has 1 aliphatic heterocycles. The number of hydrogen-bond acceptors (Lipinski definition) is 4. The average molecular weight is 291 g/mol. The first-order valence-corrected chi connectivity index (χ1v) is 6.12. The molecule has 0 bridgehead atoms. The lowest BCUT2D eigenvalue weighted by atomic mass is 10.4. The molecule has 0 spiro atoms. The predicted octanol–water partition coefficient (Wildman–Crippen LogP) is 1.76. The normalized spacial score (nSPS) is 16.3. The van der Waals surface area contributed by atoms with Crippen molar-refractivity contribution >= 4 is 34.9 Å². The largest absolute Gasteiger partial charge is 0.379 e. The Morgan fingerprint density at radius 1 is 1.28 bits per heavy atom. The number of morpholine rings is 1. The van der Waals surface area contributed by atoms with Crippen LogP contribution in [0.5, 0.6) is 0 Å². The molecule has 1 saturated heterocycles. The zero-order chi connectivity index (χ0) is 13.0. The van der Waals surface area contributed by atoms with Crippen LogP contribution in [-0.2, 0) is 4.74 Å². The van der Waals surface area contributed by atoms with Crippen molar-refractivity contribution in [2.75, 3.05) is 31.6 Å². The van der Waals surface area contributed by atoms with Crippen molar-refractivity contribution in [1.29, 1.82) is 0 Å². The van der Waals surface area contributed by atoms with Crippen LogP contribution in [0.15, 0.2) is 12.1 Å². The summed E-state index contributed by atoms with van der Waals surface area (Å²) in [6.07, 6.45) is 0. The lowest BCUT2D eigenvalue weighted by Crippen LogP contribution is -2.49. The van der Waals surface area contributed by atoms with Gasteiger partial charge in [0.15, 0.2) is 0 Å². The Morgan fingerprint density at radius 3 is 2.50 bits per heavy atom. The highest BCUT2D eigenvalue weighted by Crippen LogP contribution is 2.18. The molecule has 1 aliphatic rings. The molecule has 0 aliphatic carbocycles. The number of aromatic nitrogens is 1. The number of hydrazine groups is 1. The lowest BCUT2D eigenvalue weighted by molar-refractivity contribution is 0.0207. The number of amides is 2. The second-order valence-corrected chi connectivity index (χ2v) is 4.44. The van der Waals surface area contributed by atoms with Gasteiger partial charge >= 0.3 is 6.03 Å². The van der Waals surface area contributed by atoms with E-state index in [2.05, 4.69) is 15.7 Å². The van der Waals surface area contributed by atoms with Crippen molar-refractivity contribution in [3.8, 4) is 0 Å². The number of carbonyl (C=O) groups is 1. The molecule has 0 unspecified atom stereocenters. The maximum atomic E-state index is 11.7. The highest BCUT2D eigenvalue weighted by molar-refractivity contribution is 6.32. The Labute approximate surface area is 114 Å². The molecule has 1 fully saturated rings. The van der Waals surface area contributed by atoms with Crippen molar-refractivity contribution < 1.29 is 9.53 Å². The number of anilines is 1. The molecule has 0 aromatic carbocycles. The van der Waals surface area contributed by atoms with Crippen molar-refractivity contribution in [2.24, 2.45) is 0 Å². The van der Waals surface area contributed by atoms with E-state index in [9.17, 15) is 4.79 Å². The van der Waals surface area contributed by atoms with Crippen LogP contribution in [0.3, 0.4) is 0 Å². The van der Waals surface area contributed by atoms with Gasteiger partial charge in [0.25, 0.3) is 0 Å². The van der Waals surface area contributed by atoms with Crippen LogP contribution in [0.2, 0.25) is 10.3 Å². The van der Waals surface area contributed by atoms with E-state index in [0.29, 0.717) is 32.0 Å². The Balaban J connectivity index is 1.89. The van der Waals surface area contributed by atoms with Crippen LogP contribution in [0.1, 0.15) is 0 Å². The summed E-state index contributed by atoms with van der Waals surface area (Å²) in [6.45, 7) is 2.52. The molecule has 8 heteroatoms. The van der Waals surface area contributed by atoms with Crippen LogP contribution < -0.4 is 10.7 Å². The SMILES string of the molecule is O=C(Nc1cc(Cl)nc(Cl)c1)NN1CCOCC1. The summed E-state index contributed by atoms with van der Waals surface area (Å²) in [5.41, 5.74) is 3.19. The van der Waals surface area contributed by atoms with Crippen molar-refractivity contribution in [2.45, 2.75) is 0 Å². The minimum Gasteiger partial charge on any atom is -0.379 e. The number of carbonyl (C=O) groups excluding carboxylic acids is 1. The third kappa shape index (κ3) is 3.99. The third-order valence-corrected chi connectivity index (χ3v) is 2.68. The Hall–Kier alpha value is -1.08. The summed E-state index contributed by atoms with van der Waals surface area (Å²) < 4.78 is 5.17. The van der Waals surface area contributed by atoms with Crippen LogP contribution >= 0.6 is 23.2 Å². The average Bonchev–Trinajstić information content (AvgIpc) is 2.28. The molecule has 18 heavy (non-hydrogen) atoms. The minimum atomic E-state index is -0.352. The van der Waals surface area contributed by atoms with Gasteiger partial charge in [-0.3, -0.25) is 5.43 Å². The summed E-state index contributed by atoms with van der Waals surface area (Å²) in [6, 6.07) is 2.69. The number of urea groups is 1. The summed E-state index contributed by atoms with van der Waals surface area (Å²) in [5, 5.41) is 4.86. The zero-order valence-electron chi connectivity index (χ0n) is 9.45. The Bertz CT molecular complexity index is 418. The lowest BCUT2D eigenvalue weighted by Gasteiger charge is -2.26. The number of pyridine rings is 1. The van der Waals surface area contributed by atoms with Gasteiger partial charge in [0.05, 0.1) is 13.2 Å². The first-order chi connectivity index (χ1) is 8.63.